The van der Waals surface area contributed by atoms with E-state index in [4.69, 9.17) is 9.47 Å². The minimum Gasteiger partial charge on any atom is -0.496 e. The minimum atomic E-state index is -0.276. The molecule has 1 heterocycles. The van der Waals surface area contributed by atoms with E-state index in [-0.39, 0.29) is 18.3 Å². The predicted octanol–water partition coefficient (Wildman–Crippen LogP) is 3.13. The van der Waals surface area contributed by atoms with Crippen molar-refractivity contribution >= 4 is 5.91 Å². The number of carbonyl (C=O) groups excluding carboxylic acids is 1. The van der Waals surface area contributed by atoms with Gasteiger partial charge in [-0.3, -0.25) is 4.79 Å². The van der Waals surface area contributed by atoms with Gasteiger partial charge in [0.1, 0.15) is 23.9 Å². The van der Waals surface area contributed by atoms with Gasteiger partial charge in [-0.25, -0.2) is 4.39 Å². The van der Waals surface area contributed by atoms with Gasteiger partial charge < -0.3 is 19.7 Å². The van der Waals surface area contributed by atoms with Gasteiger partial charge in [-0.2, -0.15) is 0 Å². The Morgan fingerprint density at radius 1 is 1.19 bits per heavy atom. The number of methoxy groups -OCH3 is 1. The van der Waals surface area contributed by atoms with Gasteiger partial charge in [0.15, 0.2) is 0 Å². The zero-order valence-electron chi connectivity index (χ0n) is 15.5. The Morgan fingerprint density at radius 2 is 2.04 bits per heavy atom. The summed E-state index contributed by atoms with van der Waals surface area (Å²) in [5.41, 5.74) is 1.52. The van der Waals surface area contributed by atoms with Crippen LogP contribution in [0.25, 0.3) is 0 Å². The molecule has 3 rings (SSSR count). The van der Waals surface area contributed by atoms with Gasteiger partial charge in [0, 0.05) is 49.8 Å². The molecule has 27 heavy (non-hydrogen) atoms. The van der Waals surface area contributed by atoms with Crippen LogP contribution >= 0.6 is 0 Å². The zero-order valence-corrected chi connectivity index (χ0v) is 15.5. The highest BCUT2D eigenvalue weighted by Crippen LogP contribution is 2.25. The van der Waals surface area contributed by atoms with Gasteiger partial charge in [-0.05, 0) is 18.6 Å². The number of hydrogen-bond donors (Lipinski definition) is 1. The highest BCUT2D eigenvalue weighted by Gasteiger charge is 2.19. The number of halogens is 1. The lowest BCUT2D eigenvalue weighted by molar-refractivity contribution is -0.127. The Bertz CT molecular complexity index is 782. The van der Waals surface area contributed by atoms with Crippen LogP contribution in [0.15, 0.2) is 42.5 Å². The summed E-state index contributed by atoms with van der Waals surface area (Å²) in [7, 11) is 1.61. The molecule has 0 unspecified atom stereocenters. The normalized spacial score (nSPS) is 13.9. The van der Waals surface area contributed by atoms with E-state index in [0.29, 0.717) is 30.0 Å². The third kappa shape index (κ3) is 5.20. The van der Waals surface area contributed by atoms with Gasteiger partial charge in [-0.15, -0.1) is 0 Å². The zero-order chi connectivity index (χ0) is 19.1. The molecule has 0 atom stereocenters. The number of nitrogens with zero attached hydrogens (tertiary/aromatic N) is 1. The summed E-state index contributed by atoms with van der Waals surface area (Å²) in [4.78, 5) is 13.5. The Hall–Kier alpha value is -2.60. The van der Waals surface area contributed by atoms with E-state index in [0.717, 1.165) is 31.6 Å². The number of benzene rings is 2. The Labute approximate surface area is 159 Å². The fourth-order valence-corrected chi connectivity index (χ4v) is 3.11. The van der Waals surface area contributed by atoms with Crippen LogP contribution in [0.3, 0.4) is 0 Å². The molecule has 2 aromatic rings. The fourth-order valence-electron chi connectivity index (χ4n) is 3.11. The van der Waals surface area contributed by atoms with E-state index >= 15 is 0 Å². The van der Waals surface area contributed by atoms with Gasteiger partial charge >= 0.3 is 0 Å². The molecule has 0 aromatic heterocycles. The fraction of sp³-hybridized carbons (Fsp3) is 0.381. The van der Waals surface area contributed by atoms with Crippen LogP contribution in [0.4, 0.5) is 4.39 Å². The minimum absolute atomic E-state index is 0.164. The van der Waals surface area contributed by atoms with Crippen LogP contribution < -0.4 is 14.8 Å². The average Bonchev–Trinajstić information content (AvgIpc) is 3.10. The molecule has 1 N–H and O–H groups in total. The topological polar surface area (TPSA) is 50.8 Å². The first-order valence-corrected chi connectivity index (χ1v) is 9.19. The Kier molecular flexibility index (Phi) is 6.65. The maximum absolute atomic E-state index is 13.7. The quantitative estimate of drug-likeness (QED) is 0.687. The van der Waals surface area contributed by atoms with Crippen molar-refractivity contribution in [3.8, 4) is 11.5 Å². The summed E-state index contributed by atoms with van der Waals surface area (Å²) < 4.78 is 24.8. The molecule has 6 heteroatoms. The van der Waals surface area contributed by atoms with E-state index in [1.807, 2.05) is 23.1 Å². The summed E-state index contributed by atoms with van der Waals surface area (Å²) >= 11 is 0. The van der Waals surface area contributed by atoms with Crippen molar-refractivity contribution in [2.24, 2.45) is 0 Å². The smallest absolute Gasteiger partial charge is 0.222 e. The molecular formula is C21H25FN2O3. The van der Waals surface area contributed by atoms with Gasteiger partial charge in [0.25, 0.3) is 0 Å². The van der Waals surface area contributed by atoms with Crippen molar-refractivity contribution in [3.63, 3.8) is 0 Å². The summed E-state index contributed by atoms with van der Waals surface area (Å²) in [5.74, 6) is 1.31. The van der Waals surface area contributed by atoms with Crippen molar-refractivity contribution in [1.29, 1.82) is 0 Å². The predicted molar refractivity (Wildman–Crippen MR) is 101 cm³/mol. The van der Waals surface area contributed by atoms with Gasteiger partial charge in [0.2, 0.25) is 5.91 Å². The van der Waals surface area contributed by atoms with Crippen molar-refractivity contribution in [2.75, 3.05) is 26.7 Å². The number of ether oxygens (including phenoxy) is 2. The van der Waals surface area contributed by atoms with Gasteiger partial charge in [-0.1, -0.05) is 24.3 Å². The third-order valence-electron chi connectivity index (χ3n) is 4.66. The van der Waals surface area contributed by atoms with E-state index in [2.05, 4.69) is 5.32 Å². The number of hydrogen-bond acceptors (Lipinski definition) is 4. The van der Waals surface area contributed by atoms with Crippen molar-refractivity contribution in [2.45, 2.75) is 26.0 Å². The lowest BCUT2D eigenvalue weighted by Gasteiger charge is -2.16. The third-order valence-corrected chi connectivity index (χ3v) is 4.66. The molecule has 1 saturated heterocycles. The molecule has 0 radical (unpaired) electrons. The lowest BCUT2D eigenvalue weighted by Crippen LogP contribution is -2.32. The second-order valence-electron chi connectivity index (χ2n) is 6.51. The van der Waals surface area contributed by atoms with Gasteiger partial charge in [0.05, 0.1) is 7.11 Å². The molecule has 144 valence electrons. The number of carbonyl (C=O) groups is 1. The average molecular weight is 372 g/mol. The second kappa shape index (κ2) is 9.37. The number of amides is 1. The second-order valence-corrected chi connectivity index (χ2v) is 6.51. The van der Waals surface area contributed by atoms with Crippen LogP contribution in [-0.4, -0.2) is 37.6 Å². The van der Waals surface area contributed by atoms with Crippen LogP contribution in [-0.2, 0) is 17.9 Å². The molecule has 1 fully saturated rings. The number of rotatable bonds is 9. The number of likely N-dealkylation sites (tertiary alicyclic amines) is 1. The van der Waals surface area contributed by atoms with Crippen molar-refractivity contribution < 1.29 is 18.7 Å². The van der Waals surface area contributed by atoms with Crippen LogP contribution in [0.2, 0.25) is 0 Å². The monoisotopic (exact) mass is 372 g/mol. The molecule has 2 aromatic carbocycles. The van der Waals surface area contributed by atoms with E-state index in [9.17, 15) is 9.18 Å². The molecule has 1 amide bonds. The van der Waals surface area contributed by atoms with E-state index in [1.165, 1.54) is 6.07 Å². The molecule has 0 spiro atoms. The standard InChI is InChI=1S/C21H25FN2O3/c1-26-20-13-18(27-15-17-5-2-3-6-19(17)22)9-8-16(20)14-23-10-12-24-11-4-7-21(24)25/h2-3,5-6,8-9,13,23H,4,7,10-12,14-15H2,1H3. The van der Waals surface area contributed by atoms with Crippen LogP contribution in [0, 0.1) is 5.82 Å². The van der Waals surface area contributed by atoms with Crippen LogP contribution in [0.1, 0.15) is 24.0 Å². The SMILES string of the molecule is COc1cc(OCc2ccccc2F)ccc1CNCCN1CCCC1=O. The van der Waals surface area contributed by atoms with Crippen molar-refractivity contribution in [1.82, 2.24) is 10.2 Å². The first kappa shape index (κ1) is 19.2. The molecule has 1 aliphatic rings. The van der Waals surface area contributed by atoms with E-state index < -0.39 is 0 Å². The summed E-state index contributed by atoms with van der Waals surface area (Å²) in [6, 6.07) is 12.2. The lowest BCUT2D eigenvalue weighted by atomic mass is 10.2. The molecule has 1 aliphatic heterocycles. The first-order chi connectivity index (χ1) is 13.2. The molecule has 0 aliphatic carbocycles. The largest absolute Gasteiger partial charge is 0.496 e. The summed E-state index contributed by atoms with van der Waals surface area (Å²) in [6.45, 7) is 3.12. The maximum Gasteiger partial charge on any atom is 0.222 e. The van der Waals surface area contributed by atoms with Crippen LogP contribution in [0.5, 0.6) is 11.5 Å². The Morgan fingerprint density at radius 3 is 2.78 bits per heavy atom. The van der Waals surface area contributed by atoms with E-state index in [1.54, 1.807) is 25.3 Å². The molecular weight excluding hydrogens is 347 g/mol. The highest BCUT2D eigenvalue weighted by atomic mass is 19.1. The first-order valence-electron chi connectivity index (χ1n) is 9.19. The number of nitrogens with one attached hydrogen (secondary N) is 1. The molecule has 0 saturated carbocycles. The molecule has 0 bridgehead atoms. The Balaban J connectivity index is 1.51. The maximum atomic E-state index is 13.7. The molecule has 5 nitrogen and oxygen atoms in total. The van der Waals surface area contributed by atoms with Crippen molar-refractivity contribution in [3.05, 3.63) is 59.4 Å². The highest BCUT2D eigenvalue weighted by molar-refractivity contribution is 5.78. The summed E-state index contributed by atoms with van der Waals surface area (Å²) in [5, 5.41) is 3.34. The summed E-state index contributed by atoms with van der Waals surface area (Å²) in [6.07, 6.45) is 1.63.